The molecule has 0 atom stereocenters. The first kappa shape index (κ1) is 23.1. The van der Waals surface area contributed by atoms with E-state index in [0.29, 0.717) is 31.6 Å². The van der Waals surface area contributed by atoms with Gasteiger partial charge in [0.2, 0.25) is 0 Å². The van der Waals surface area contributed by atoms with E-state index in [9.17, 15) is 9.18 Å². The van der Waals surface area contributed by atoms with E-state index < -0.39 is 0 Å². The van der Waals surface area contributed by atoms with Crippen LogP contribution in [0.1, 0.15) is 27.0 Å². The summed E-state index contributed by atoms with van der Waals surface area (Å²) in [7, 11) is 0. The van der Waals surface area contributed by atoms with E-state index in [-0.39, 0.29) is 11.7 Å². The zero-order valence-electron chi connectivity index (χ0n) is 18.7. The van der Waals surface area contributed by atoms with Crippen molar-refractivity contribution in [1.29, 1.82) is 0 Å². The number of halogens is 1. The van der Waals surface area contributed by atoms with Crippen LogP contribution in [0, 0.1) is 5.82 Å². The van der Waals surface area contributed by atoms with E-state index in [2.05, 4.69) is 20.6 Å². The SMILES string of the molecule is NCc1ccc(NCCc2cccc(F)c2)c(-c2ccc(C(=O)NCc3cccnc3)cn2)c1. The van der Waals surface area contributed by atoms with Crippen LogP contribution in [0.5, 0.6) is 0 Å². The van der Waals surface area contributed by atoms with Crippen LogP contribution in [0.4, 0.5) is 10.1 Å². The molecule has 2 aromatic heterocycles. The number of carbonyl (C=O) groups excluding carboxylic acids is 1. The monoisotopic (exact) mass is 455 g/mol. The molecule has 0 bridgehead atoms. The minimum Gasteiger partial charge on any atom is -0.384 e. The number of hydrogen-bond donors (Lipinski definition) is 3. The van der Waals surface area contributed by atoms with Gasteiger partial charge in [0.25, 0.3) is 5.91 Å². The van der Waals surface area contributed by atoms with Gasteiger partial charge in [0.15, 0.2) is 0 Å². The zero-order chi connectivity index (χ0) is 23.8. The second-order valence-electron chi connectivity index (χ2n) is 7.87. The van der Waals surface area contributed by atoms with Gasteiger partial charge in [-0.25, -0.2) is 4.39 Å². The summed E-state index contributed by atoms with van der Waals surface area (Å²) in [5, 5.41) is 6.30. The van der Waals surface area contributed by atoms with E-state index in [4.69, 9.17) is 5.73 Å². The fraction of sp³-hybridized carbons (Fsp3) is 0.148. The van der Waals surface area contributed by atoms with Gasteiger partial charge in [-0.3, -0.25) is 14.8 Å². The molecule has 0 spiro atoms. The quantitative estimate of drug-likeness (QED) is 0.349. The van der Waals surface area contributed by atoms with E-state index in [1.54, 1.807) is 36.8 Å². The lowest BCUT2D eigenvalue weighted by Gasteiger charge is -2.14. The first-order chi connectivity index (χ1) is 16.6. The lowest BCUT2D eigenvalue weighted by Crippen LogP contribution is -2.22. The highest BCUT2D eigenvalue weighted by molar-refractivity contribution is 5.94. The summed E-state index contributed by atoms with van der Waals surface area (Å²) in [6.07, 6.45) is 5.66. The molecule has 4 rings (SSSR count). The molecule has 0 unspecified atom stereocenters. The van der Waals surface area contributed by atoms with Crippen LogP contribution in [0.3, 0.4) is 0 Å². The van der Waals surface area contributed by atoms with Crippen molar-refractivity contribution in [2.75, 3.05) is 11.9 Å². The minimum atomic E-state index is -0.237. The number of rotatable bonds is 9. The van der Waals surface area contributed by atoms with Gasteiger partial charge < -0.3 is 16.4 Å². The first-order valence-electron chi connectivity index (χ1n) is 11.1. The van der Waals surface area contributed by atoms with E-state index in [1.807, 2.05) is 42.5 Å². The minimum absolute atomic E-state index is 0.202. The van der Waals surface area contributed by atoms with Crippen LogP contribution in [-0.2, 0) is 19.5 Å². The second-order valence-corrected chi connectivity index (χ2v) is 7.87. The molecule has 0 aliphatic carbocycles. The molecule has 0 saturated carbocycles. The Kier molecular flexibility index (Phi) is 7.57. The Hall–Kier alpha value is -4.10. The summed E-state index contributed by atoms with van der Waals surface area (Å²) in [5.74, 6) is -0.439. The molecule has 34 heavy (non-hydrogen) atoms. The third-order valence-electron chi connectivity index (χ3n) is 5.42. The molecule has 1 amide bonds. The molecule has 6 nitrogen and oxygen atoms in total. The molecule has 0 radical (unpaired) electrons. The van der Waals surface area contributed by atoms with Gasteiger partial charge in [-0.05, 0) is 65.6 Å². The molecule has 2 aromatic carbocycles. The highest BCUT2D eigenvalue weighted by Crippen LogP contribution is 2.28. The van der Waals surface area contributed by atoms with Gasteiger partial charge in [0.05, 0.1) is 11.3 Å². The standard InChI is InChI=1S/C27H26FN5O/c28-23-5-1-3-19(13-23)10-12-31-25-8-6-20(15-29)14-24(25)26-9-7-22(18-32-26)27(34)33-17-21-4-2-11-30-16-21/h1-9,11,13-14,16,18,31H,10,12,15,17,29H2,(H,33,34). The molecule has 172 valence electrons. The van der Waals surface area contributed by atoms with Crippen molar-refractivity contribution in [2.45, 2.75) is 19.5 Å². The molecule has 0 aliphatic heterocycles. The van der Waals surface area contributed by atoms with Gasteiger partial charge >= 0.3 is 0 Å². The third kappa shape index (κ3) is 6.02. The summed E-state index contributed by atoms with van der Waals surface area (Å²) in [5.41, 5.74) is 11.7. The predicted molar refractivity (Wildman–Crippen MR) is 132 cm³/mol. The Morgan fingerprint density at radius 2 is 1.82 bits per heavy atom. The van der Waals surface area contributed by atoms with E-state index in [1.165, 1.54) is 6.07 Å². The van der Waals surface area contributed by atoms with Crippen molar-refractivity contribution in [3.8, 4) is 11.3 Å². The Morgan fingerprint density at radius 3 is 2.56 bits per heavy atom. The highest BCUT2D eigenvalue weighted by Gasteiger charge is 2.11. The Labute approximate surface area is 198 Å². The number of nitrogens with zero attached hydrogens (tertiary/aromatic N) is 2. The molecule has 4 N–H and O–H groups in total. The number of aromatic nitrogens is 2. The summed E-state index contributed by atoms with van der Waals surface area (Å²) in [6, 6.07) is 19.8. The van der Waals surface area contributed by atoms with Gasteiger partial charge in [0, 0.05) is 49.5 Å². The number of carbonyl (C=O) groups is 1. The predicted octanol–water partition coefficient (Wildman–Crippen LogP) is 4.33. The van der Waals surface area contributed by atoms with Gasteiger partial charge in [-0.2, -0.15) is 0 Å². The van der Waals surface area contributed by atoms with Crippen LogP contribution < -0.4 is 16.4 Å². The van der Waals surface area contributed by atoms with Crippen LogP contribution in [0.25, 0.3) is 11.3 Å². The number of amides is 1. The summed E-state index contributed by atoms with van der Waals surface area (Å²) < 4.78 is 13.4. The first-order valence-corrected chi connectivity index (χ1v) is 11.1. The van der Waals surface area contributed by atoms with Gasteiger partial charge in [-0.15, -0.1) is 0 Å². The Bertz CT molecular complexity index is 1250. The second kappa shape index (κ2) is 11.2. The molecule has 4 aromatic rings. The lowest BCUT2D eigenvalue weighted by atomic mass is 10.0. The molecule has 2 heterocycles. The molecule has 7 heteroatoms. The normalized spacial score (nSPS) is 10.6. The molecular formula is C27H26FN5O. The van der Waals surface area contributed by atoms with Crippen LogP contribution in [0.2, 0.25) is 0 Å². The average molecular weight is 456 g/mol. The van der Waals surface area contributed by atoms with E-state index >= 15 is 0 Å². The van der Waals surface area contributed by atoms with Crippen molar-refractivity contribution in [3.63, 3.8) is 0 Å². The zero-order valence-corrected chi connectivity index (χ0v) is 18.7. The number of benzene rings is 2. The highest BCUT2D eigenvalue weighted by atomic mass is 19.1. The average Bonchev–Trinajstić information content (AvgIpc) is 2.88. The summed E-state index contributed by atoms with van der Waals surface area (Å²) in [6.45, 7) is 1.44. The largest absolute Gasteiger partial charge is 0.384 e. The lowest BCUT2D eigenvalue weighted by molar-refractivity contribution is 0.0950. The van der Waals surface area contributed by atoms with Crippen LogP contribution >= 0.6 is 0 Å². The summed E-state index contributed by atoms with van der Waals surface area (Å²) >= 11 is 0. The Morgan fingerprint density at radius 1 is 0.941 bits per heavy atom. The molecule has 0 aliphatic rings. The van der Waals surface area contributed by atoms with Crippen LogP contribution in [-0.4, -0.2) is 22.4 Å². The maximum atomic E-state index is 13.4. The molecule has 0 fully saturated rings. The molecule has 0 saturated heterocycles. The third-order valence-corrected chi connectivity index (χ3v) is 5.42. The van der Waals surface area contributed by atoms with Gasteiger partial charge in [-0.1, -0.05) is 24.3 Å². The van der Waals surface area contributed by atoms with Crippen molar-refractivity contribution >= 4 is 11.6 Å². The fourth-order valence-electron chi connectivity index (χ4n) is 3.59. The number of anilines is 1. The fourth-order valence-corrected chi connectivity index (χ4v) is 3.59. The maximum absolute atomic E-state index is 13.4. The van der Waals surface area contributed by atoms with Crippen molar-refractivity contribution < 1.29 is 9.18 Å². The topological polar surface area (TPSA) is 92.9 Å². The number of hydrogen-bond acceptors (Lipinski definition) is 5. The maximum Gasteiger partial charge on any atom is 0.253 e. The molecular weight excluding hydrogens is 429 g/mol. The Balaban J connectivity index is 1.46. The smallest absolute Gasteiger partial charge is 0.253 e. The van der Waals surface area contributed by atoms with Crippen molar-refractivity contribution in [1.82, 2.24) is 15.3 Å². The van der Waals surface area contributed by atoms with Crippen molar-refractivity contribution in [3.05, 3.63) is 113 Å². The van der Waals surface area contributed by atoms with Crippen LogP contribution in [0.15, 0.2) is 85.3 Å². The number of nitrogens with one attached hydrogen (secondary N) is 2. The van der Waals surface area contributed by atoms with Crippen molar-refractivity contribution in [2.24, 2.45) is 5.73 Å². The summed E-state index contributed by atoms with van der Waals surface area (Å²) in [4.78, 5) is 21.1. The van der Waals surface area contributed by atoms with E-state index in [0.717, 1.165) is 33.6 Å². The number of nitrogens with two attached hydrogens (primary N) is 1. The van der Waals surface area contributed by atoms with Gasteiger partial charge in [0.1, 0.15) is 5.82 Å². The number of pyridine rings is 2.